The minimum absolute atomic E-state index is 0.125. The molecule has 2 unspecified atom stereocenters. The van der Waals surface area contributed by atoms with Crippen molar-refractivity contribution >= 4 is 17.7 Å². The molecule has 3 aromatic rings. The maximum atomic E-state index is 13.6. The van der Waals surface area contributed by atoms with Crippen molar-refractivity contribution in [2.24, 2.45) is 0 Å². The van der Waals surface area contributed by atoms with Crippen molar-refractivity contribution in [1.82, 2.24) is 9.58 Å². The Morgan fingerprint density at radius 3 is 2.55 bits per heavy atom. The minimum Gasteiger partial charge on any atom is -0.394 e. The van der Waals surface area contributed by atoms with E-state index in [1.807, 2.05) is 29.4 Å². The SMILES string of the molecule is CCC(CO)N1CN(C2c3ccccc3CSc3ccccc32)n2ccc(=O)c(C)c2C1=O. The lowest BCUT2D eigenvalue weighted by molar-refractivity contribution is 0.0494. The number of carbonyl (C=O) groups excluding carboxylic acids is 1. The van der Waals surface area contributed by atoms with Crippen LogP contribution in [0.15, 0.2) is 70.5 Å². The van der Waals surface area contributed by atoms with E-state index in [9.17, 15) is 14.7 Å². The molecule has 0 radical (unpaired) electrons. The van der Waals surface area contributed by atoms with Gasteiger partial charge in [0.2, 0.25) is 0 Å². The largest absolute Gasteiger partial charge is 0.394 e. The van der Waals surface area contributed by atoms with Crippen LogP contribution in [0.25, 0.3) is 0 Å². The van der Waals surface area contributed by atoms with Gasteiger partial charge in [-0.2, -0.15) is 0 Å². The highest BCUT2D eigenvalue weighted by Crippen LogP contribution is 2.42. The molecule has 2 atom stereocenters. The summed E-state index contributed by atoms with van der Waals surface area (Å²) in [4.78, 5) is 29.0. The van der Waals surface area contributed by atoms with Crippen molar-refractivity contribution < 1.29 is 9.90 Å². The third-order valence-corrected chi connectivity index (χ3v) is 7.86. The molecule has 0 saturated carbocycles. The van der Waals surface area contributed by atoms with Gasteiger partial charge in [-0.1, -0.05) is 49.4 Å². The molecule has 0 fully saturated rings. The van der Waals surface area contributed by atoms with E-state index in [0.717, 1.165) is 5.75 Å². The van der Waals surface area contributed by atoms with E-state index in [1.54, 1.807) is 18.0 Å². The normalized spacial score (nSPS) is 18.3. The molecule has 7 heteroatoms. The van der Waals surface area contributed by atoms with Crippen LogP contribution in [-0.2, 0) is 5.75 Å². The predicted molar refractivity (Wildman–Crippen MR) is 130 cm³/mol. The molecule has 2 aliphatic heterocycles. The second kappa shape index (κ2) is 8.72. The van der Waals surface area contributed by atoms with Crippen LogP contribution in [-0.4, -0.2) is 39.9 Å². The van der Waals surface area contributed by atoms with Crippen molar-refractivity contribution in [3.8, 4) is 0 Å². The van der Waals surface area contributed by atoms with Crippen molar-refractivity contribution in [2.45, 2.75) is 43.0 Å². The van der Waals surface area contributed by atoms with Gasteiger partial charge >= 0.3 is 0 Å². The van der Waals surface area contributed by atoms with Gasteiger partial charge in [0.15, 0.2) is 5.43 Å². The summed E-state index contributed by atoms with van der Waals surface area (Å²) in [6.45, 7) is 3.86. The van der Waals surface area contributed by atoms with E-state index in [4.69, 9.17) is 0 Å². The number of aliphatic hydroxyl groups excluding tert-OH is 1. The molecule has 1 N–H and O–H groups in total. The van der Waals surface area contributed by atoms with Gasteiger partial charge in [0.1, 0.15) is 12.4 Å². The Morgan fingerprint density at radius 2 is 1.79 bits per heavy atom. The monoisotopic (exact) mass is 461 g/mol. The summed E-state index contributed by atoms with van der Waals surface area (Å²) in [5.74, 6) is 0.650. The molecule has 2 aromatic carbocycles. The summed E-state index contributed by atoms with van der Waals surface area (Å²) in [5.41, 5.74) is 4.23. The molecule has 170 valence electrons. The first-order valence-corrected chi connectivity index (χ1v) is 12.2. The van der Waals surface area contributed by atoms with Crippen LogP contribution >= 0.6 is 11.8 Å². The number of aliphatic hydroxyl groups is 1. The van der Waals surface area contributed by atoms with Crippen LogP contribution in [0.4, 0.5) is 0 Å². The molecule has 1 amide bonds. The van der Waals surface area contributed by atoms with E-state index >= 15 is 0 Å². The van der Waals surface area contributed by atoms with Gasteiger partial charge in [0, 0.05) is 28.5 Å². The van der Waals surface area contributed by atoms with Gasteiger partial charge in [-0.05, 0) is 36.1 Å². The van der Waals surface area contributed by atoms with Gasteiger partial charge in [0.25, 0.3) is 5.91 Å². The predicted octanol–water partition coefficient (Wildman–Crippen LogP) is 3.67. The molecule has 0 spiro atoms. The molecular formula is C26H27N3O3S. The number of benzene rings is 2. The summed E-state index contributed by atoms with van der Waals surface area (Å²) in [7, 11) is 0. The number of fused-ring (bicyclic) bond motifs is 3. The fraction of sp³-hybridized carbons (Fsp3) is 0.308. The first-order valence-electron chi connectivity index (χ1n) is 11.3. The van der Waals surface area contributed by atoms with Gasteiger partial charge in [-0.3, -0.25) is 19.3 Å². The van der Waals surface area contributed by atoms with E-state index in [-0.39, 0.29) is 30.0 Å². The summed E-state index contributed by atoms with van der Waals surface area (Å²) in [6, 6.07) is 17.9. The van der Waals surface area contributed by atoms with E-state index in [2.05, 4.69) is 47.5 Å². The number of hydrogen-bond acceptors (Lipinski definition) is 5. The third-order valence-electron chi connectivity index (χ3n) is 6.73. The van der Waals surface area contributed by atoms with Crippen LogP contribution in [0.3, 0.4) is 0 Å². The quantitative estimate of drug-likeness (QED) is 0.642. The summed E-state index contributed by atoms with van der Waals surface area (Å²) < 4.78 is 1.86. The van der Waals surface area contributed by atoms with Crippen LogP contribution < -0.4 is 10.4 Å². The summed E-state index contributed by atoms with van der Waals surface area (Å²) in [5, 5.41) is 12.2. The smallest absolute Gasteiger partial charge is 0.274 e. The van der Waals surface area contributed by atoms with E-state index in [1.165, 1.54) is 27.7 Å². The number of aromatic nitrogens is 1. The van der Waals surface area contributed by atoms with Crippen molar-refractivity contribution in [2.75, 3.05) is 18.3 Å². The Morgan fingerprint density at radius 1 is 1.06 bits per heavy atom. The number of carbonyl (C=O) groups is 1. The number of thioether (sulfide) groups is 1. The zero-order valence-corrected chi connectivity index (χ0v) is 19.6. The van der Waals surface area contributed by atoms with Crippen molar-refractivity contribution in [3.63, 3.8) is 0 Å². The Kier molecular flexibility index (Phi) is 5.76. The topological polar surface area (TPSA) is 65.8 Å². The first-order chi connectivity index (χ1) is 16.0. The van der Waals surface area contributed by atoms with Crippen LogP contribution in [0.1, 0.15) is 52.1 Å². The Labute approximate surface area is 197 Å². The molecule has 0 bridgehead atoms. The number of hydrogen-bond donors (Lipinski definition) is 1. The molecule has 2 aliphatic rings. The minimum atomic E-state index is -0.325. The second-order valence-corrected chi connectivity index (χ2v) is 9.54. The molecule has 3 heterocycles. The standard InChI is InChI=1S/C26H27N3O3S/c1-3-19(14-30)27-16-29(28-13-12-22(31)17(2)24(28)26(27)32)25-20-9-5-4-8-18(20)15-33-23-11-7-6-10-21(23)25/h4-13,19,25,30H,3,14-16H2,1-2H3. The third kappa shape index (κ3) is 3.56. The van der Waals surface area contributed by atoms with E-state index < -0.39 is 0 Å². The highest BCUT2D eigenvalue weighted by molar-refractivity contribution is 7.98. The van der Waals surface area contributed by atoms with Crippen molar-refractivity contribution in [3.05, 3.63) is 99.0 Å². The van der Waals surface area contributed by atoms with Gasteiger partial charge < -0.3 is 10.0 Å². The zero-order valence-electron chi connectivity index (χ0n) is 18.8. The van der Waals surface area contributed by atoms with Crippen molar-refractivity contribution in [1.29, 1.82) is 0 Å². The van der Waals surface area contributed by atoms with E-state index in [0.29, 0.717) is 24.3 Å². The van der Waals surface area contributed by atoms with Gasteiger partial charge in [-0.15, -0.1) is 11.8 Å². The zero-order chi connectivity index (χ0) is 23.1. The van der Waals surface area contributed by atoms with Gasteiger partial charge in [-0.25, -0.2) is 0 Å². The number of pyridine rings is 1. The molecule has 33 heavy (non-hydrogen) atoms. The summed E-state index contributed by atoms with van der Waals surface area (Å²) in [6.07, 6.45) is 2.34. The Balaban J connectivity index is 1.77. The number of rotatable bonds is 4. The molecule has 0 aliphatic carbocycles. The maximum absolute atomic E-state index is 13.6. The Hall–Kier alpha value is -3.03. The van der Waals surface area contributed by atoms with Crippen LogP contribution in [0, 0.1) is 6.92 Å². The average molecular weight is 462 g/mol. The fourth-order valence-corrected chi connectivity index (χ4v) is 5.97. The molecule has 0 saturated heterocycles. The lowest BCUT2D eigenvalue weighted by Gasteiger charge is -2.46. The summed E-state index contributed by atoms with van der Waals surface area (Å²) >= 11 is 1.82. The Bertz CT molecular complexity index is 1220. The van der Waals surface area contributed by atoms with Crippen LogP contribution in [0.2, 0.25) is 0 Å². The average Bonchev–Trinajstić information content (AvgIpc) is 3.00. The van der Waals surface area contributed by atoms with Gasteiger partial charge in [0.05, 0.1) is 18.7 Å². The lowest BCUT2D eigenvalue weighted by Crippen LogP contribution is -2.59. The highest BCUT2D eigenvalue weighted by atomic mass is 32.2. The number of nitrogens with zero attached hydrogens (tertiary/aromatic N) is 3. The van der Waals surface area contributed by atoms with Crippen LogP contribution in [0.5, 0.6) is 0 Å². The maximum Gasteiger partial charge on any atom is 0.274 e. The molecule has 6 nitrogen and oxygen atoms in total. The fourth-order valence-electron chi connectivity index (χ4n) is 4.87. The highest BCUT2D eigenvalue weighted by Gasteiger charge is 2.39. The first kappa shape index (κ1) is 21.8. The lowest BCUT2D eigenvalue weighted by atomic mass is 9.94. The molecule has 1 aromatic heterocycles. The number of amides is 1. The second-order valence-electron chi connectivity index (χ2n) is 8.53. The molecular weight excluding hydrogens is 434 g/mol. The molecule has 5 rings (SSSR count).